The number of aromatic amines is 2. The Hall–Kier alpha value is -9.20. The lowest BCUT2D eigenvalue weighted by Gasteiger charge is -2.17. The SMILES string of the molecule is C.CC(C)(O)Cn1nc(C(=O)O)c2ccccc21.COc1ccc2c(-c3ccc(N)cc3)n[nH]c(=O)c2c1.COc1ccc2c(-c3ccc(NC(=O)c4nn(CC(C)(C)O)c5ccccc45)cc3)n[nH]c(=O)c2c1. The van der Waals surface area contributed by atoms with E-state index < -0.39 is 17.2 Å². The van der Waals surface area contributed by atoms with Crippen molar-refractivity contribution in [2.45, 2.75) is 59.4 Å². The molecule has 1 amide bonds. The van der Waals surface area contributed by atoms with E-state index >= 15 is 0 Å². The Morgan fingerprint density at radius 1 is 0.595 bits per heavy atom. The number of aromatic nitrogens is 8. The summed E-state index contributed by atoms with van der Waals surface area (Å²) in [5, 5.41) is 57.7. The highest BCUT2D eigenvalue weighted by Gasteiger charge is 2.23. The van der Waals surface area contributed by atoms with Gasteiger partial charge in [-0.25, -0.2) is 15.0 Å². The number of anilines is 2. The Morgan fingerprint density at radius 2 is 1.01 bits per heavy atom. The first-order valence-corrected chi connectivity index (χ1v) is 22.8. The fraction of sp³-hybridized carbons (Fsp3) is 0.200. The van der Waals surface area contributed by atoms with Crippen LogP contribution in [0.1, 0.15) is 56.1 Å². The number of benzene rings is 6. The number of rotatable bonds is 11. The highest BCUT2D eigenvalue weighted by Crippen LogP contribution is 2.30. The molecule has 0 saturated heterocycles. The highest BCUT2D eigenvalue weighted by molar-refractivity contribution is 6.11. The van der Waals surface area contributed by atoms with Gasteiger partial charge in [0.05, 0.1) is 71.7 Å². The first-order valence-electron chi connectivity index (χ1n) is 22.8. The standard InChI is InChI=1S/C27H25N5O4.C15H13N3O2.C12H14N2O3.CH4/c1-27(2,35)15-32-22-7-5-4-6-20(22)24(31-32)26(34)28-17-10-8-16(9-11-17)23-19-13-12-18(36-3)14-21(19)25(33)30-29-23;1-20-11-6-7-12-13(8-11)15(19)18-17-14(12)9-2-4-10(16)5-3-9;1-12(2,17)7-14-9-6-4-3-5-8(9)10(13-14)11(15)16;/h4-14,35H,15H2,1-3H3,(H,28,34)(H,30,33);2-8H,16H2,1H3,(H,18,19);3-6,17H,7H2,1-2H3,(H,15,16);1H4. The van der Waals surface area contributed by atoms with Crippen molar-refractivity contribution in [1.82, 2.24) is 40.0 Å². The average molecular weight is 1000 g/mol. The van der Waals surface area contributed by atoms with E-state index in [1.165, 1.54) is 4.68 Å². The number of hydrogen-bond acceptors (Lipinski definition) is 13. The van der Waals surface area contributed by atoms with Crippen LogP contribution in [-0.2, 0) is 13.1 Å². The number of nitrogen functional groups attached to an aromatic ring is 1. The number of carbonyl (C=O) groups is 2. The molecule has 6 aromatic carbocycles. The Kier molecular flexibility index (Phi) is 15.4. The number of carboxylic acid groups (broad SMARTS) is 1. The number of fused-ring (bicyclic) bond motifs is 4. The summed E-state index contributed by atoms with van der Waals surface area (Å²) in [7, 11) is 3.11. The predicted octanol–water partition coefficient (Wildman–Crippen LogP) is 8.29. The fourth-order valence-electron chi connectivity index (χ4n) is 8.08. The number of ether oxygens (including phenoxy) is 2. The van der Waals surface area contributed by atoms with Crippen LogP contribution in [0.3, 0.4) is 0 Å². The van der Waals surface area contributed by atoms with Crippen molar-refractivity contribution in [2.24, 2.45) is 0 Å². The molecule has 0 spiro atoms. The van der Waals surface area contributed by atoms with E-state index in [0.717, 1.165) is 22.0 Å². The third-order valence-electron chi connectivity index (χ3n) is 11.4. The smallest absolute Gasteiger partial charge is 0.357 e. The Labute approximate surface area is 423 Å². The molecule has 74 heavy (non-hydrogen) atoms. The maximum Gasteiger partial charge on any atom is 0.357 e. The minimum Gasteiger partial charge on any atom is -0.497 e. The number of aliphatic hydroxyl groups is 2. The molecule has 10 aromatic rings. The zero-order valence-corrected chi connectivity index (χ0v) is 40.7. The third kappa shape index (κ3) is 11.8. The van der Waals surface area contributed by atoms with Crippen LogP contribution in [0.25, 0.3) is 65.9 Å². The number of methoxy groups -OCH3 is 2. The molecule has 19 heteroatoms. The second kappa shape index (κ2) is 21.7. The molecule has 380 valence electrons. The van der Waals surface area contributed by atoms with Gasteiger partial charge in [0.2, 0.25) is 0 Å². The van der Waals surface area contributed by atoms with Crippen LogP contribution in [0.5, 0.6) is 11.5 Å². The molecule has 4 heterocycles. The monoisotopic (exact) mass is 1000 g/mol. The number of aromatic carboxylic acids is 1. The molecule has 0 atom stereocenters. The number of hydrogen-bond donors (Lipinski definition) is 7. The van der Waals surface area contributed by atoms with Gasteiger partial charge in [-0.05, 0) is 100 Å². The van der Waals surface area contributed by atoms with Crippen molar-refractivity contribution in [3.05, 3.63) is 166 Å². The Morgan fingerprint density at radius 3 is 1.45 bits per heavy atom. The number of nitrogens with zero attached hydrogens (tertiary/aromatic N) is 6. The molecule has 0 bridgehead atoms. The van der Waals surface area contributed by atoms with Crippen LogP contribution in [-0.4, -0.2) is 92.6 Å². The molecule has 0 saturated carbocycles. The number of nitrogens with two attached hydrogens (primary N) is 1. The summed E-state index contributed by atoms with van der Waals surface area (Å²) in [5.41, 5.74) is 9.27. The fourth-order valence-corrected chi connectivity index (χ4v) is 8.08. The topological polar surface area (TPSA) is 278 Å². The number of nitrogens with one attached hydrogen (secondary N) is 3. The molecule has 0 aliphatic rings. The summed E-state index contributed by atoms with van der Waals surface area (Å²) < 4.78 is 13.6. The summed E-state index contributed by atoms with van der Waals surface area (Å²) in [6, 6.07) is 39.7. The molecular weight excluding hydrogens is 945 g/mol. The lowest BCUT2D eigenvalue weighted by Crippen LogP contribution is -2.27. The van der Waals surface area contributed by atoms with Crippen LogP contribution in [0.4, 0.5) is 11.4 Å². The molecule has 0 radical (unpaired) electrons. The van der Waals surface area contributed by atoms with Crippen LogP contribution < -0.4 is 31.6 Å². The van der Waals surface area contributed by atoms with Crippen molar-refractivity contribution in [2.75, 3.05) is 25.3 Å². The largest absolute Gasteiger partial charge is 0.497 e. The van der Waals surface area contributed by atoms with Gasteiger partial charge in [-0.2, -0.15) is 20.4 Å². The van der Waals surface area contributed by atoms with Crippen molar-refractivity contribution in [3.8, 4) is 34.0 Å². The molecule has 10 rings (SSSR count). The first-order chi connectivity index (χ1) is 34.8. The van der Waals surface area contributed by atoms with Crippen LogP contribution >= 0.6 is 0 Å². The van der Waals surface area contributed by atoms with Gasteiger partial charge in [0.15, 0.2) is 11.4 Å². The van der Waals surface area contributed by atoms with Gasteiger partial charge in [0, 0.05) is 44.0 Å². The van der Waals surface area contributed by atoms with E-state index in [-0.39, 0.29) is 48.9 Å². The zero-order valence-electron chi connectivity index (χ0n) is 40.7. The van der Waals surface area contributed by atoms with Crippen molar-refractivity contribution in [3.63, 3.8) is 0 Å². The molecule has 19 nitrogen and oxygen atoms in total. The Balaban J connectivity index is 0.000000178. The van der Waals surface area contributed by atoms with E-state index in [1.807, 2.05) is 66.7 Å². The van der Waals surface area contributed by atoms with Crippen molar-refractivity contribution < 1.29 is 34.4 Å². The number of H-pyrrole nitrogens is 2. The van der Waals surface area contributed by atoms with Crippen molar-refractivity contribution >= 4 is 66.6 Å². The first kappa shape index (κ1) is 52.6. The predicted molar refractivity (Wildman–Crippen MR) is 287 cm³/mol. The van der Waals surface area contributed by atoms with Crippen LogP contribution in [0, 0.1) is 0 Å². The summed E-state index contributed by atoms with van der Waals surface area (Å²) in [4.78, 5) is 48.3. The van der Waals surface area contributed by atoms with Gasteiger partial charge in [-0.1, -0.05) is 68.1 Å². The van der Waals surface area contributed by atoms with Crippen LogP contribution in [0.2, 0.25) is 0 Å². The molecule has 0 aliphatic heterocycles. The zero-order chi connectivity index (χ0) is 52.2. The summed E-state index contributed by atoms with van der Waals surface area (Å²) >= 11 is 0. The van der Waals surface area contributed by atoms with Gasteiger partial charge in [-0.3, -0.25) is 23.7 Å². The van der Waals surface area contributed by atoms with Gasteiger partial charge in [0.25, 0.3) is 17.0 Å². The summed E-state index contributed by atoms with van der Waals surface area (Å²) in [6.45, 7) is 7.21. The number of para-hydroxylation sites is 2. The van der Waals surface area contributed by atoms with Crippen LogP contribution in [0.15, 0.2) is 143 Å². The molecule has 4 aromatic heterocycles. The summed E-state index contributed by atoms with van der Waals surface area (Å²) in [5.74, 6) is -0.193. The van der Waals surface area contributed by atoms with E-state index in [1.54, 1.807) is 113 Å². The molecule has 0 unspecified atom stereocenters. The lowest BCUT2D eigenvalue weighted by molar-refractivity contribution is 0.0575. The second-order valence-electron chi connectivity index (χ2n) is 18.3. The molecular formula is C55H56N10O9. The number of carbonyl (C=O) groups excluding carboxylic acids is 1. The molecule has 0 fully saturated rings. The minimum absolute atomic E-state index is 0. The lowest BCUT2D eigenvalue weighted by atomic mass is 10.0. The average Bonchev–Trinajstić information content (AvgIpc) is 3.92. The quantitative estimate of drug-likeness (QED) is 0.0601. The van der Waals surface area contributed by atoms with Gasteiger partial charge in [-0.15, -0.1) is 0 Å². The second-order valence-corrected chi connectivity index (χ2v) is 18.3. The number of amides is 1. The van der Waals surface area contributed by atoms with Gasteiger partial charge < -0.3 is 35.8 Å². The normalized spacial score (nSPS) is 11.3. The van der Waals surface area contributed by atoms with E-state index in [2.05, 4.69) is 35.9 Å². The minimum atomic E-state index is -1.06. The van der Waals surface area contributed by atoms with E-state index in [9.17, 15) is 29.4 Å². The number of carboxylic acids is 1. The van der Waals surface area contributed by atoms with Gasteiger partial charge in [0.1, 0.15) is 11.5 Å². The highest BCUT2D eigenvalue weighted by atomic mass is 16.5. The maximum atomic E-state index is 13.1. The molecule has 0 aliphatic carbocycles. The van der Waals surface area contributed by atoms with E-state index in [4.69, 9.17) is 20.3 Å². The summed E-state index contributed by atoms with van der Waals surface area (Å²) in [6.07, 6.45) is 0. The maximum absolute atomic E-state index is 13.1. The molecule has 8 N–H and O–H groups in total. The third-order valence-corrected chi connectivity index (χ3v) is 11.4. The van der Waals surface area contributed by atoms with Crippen molar-refractivity contribution in [1.29, 1.82) is 0 Å². The van der Waals surface area contributed by atoms with E-state index in [0.29, 0.717) is 66.7 Å². The Bertz CT molecular complexity index is 3770. The van der Waals surface area contributed by atoms with Gasteiger partial charge >= 0.3 is 5.97 Å².